The van der Waals surface area contributed by atoms with Gasteiger partial charge in [0, 0.05) is 31.5 Å². The minimum absolute atomic E-state index is 0.138. The molecular formula is C13H19NO6S. The van der Waals surface area contributed by atoms with E-state index in [1.807, 2.05) is 20.8 Å². The molecule has 2 amide bonds. The molecule has 1 aliphatic rings. The van der Waals surface area contributed by atoms with Crippen molar-refractivity contribution in [3.05, 3.63) is 12.2 Å². The Kier molecular flexibility index (Phi) is 5.06. The Morgan fingerprint density at radius 2 is 1.71 bits per heavy atom. The Labute approximate surface area is 123 Å². The number of ketones is 1. The molecule has 1 unspecified atom stereocenters. The van der Waals surface area contributed by atoms with Gasteiger partial charge in [0.1, 0.15) is 11.0 Å². The zero-order valence-corrected chi connectivity index (χ0v) is 13.0. The first kappa shape index (κ1) is 17.5. The lowest BCUT2D eigenvalue weighted by Gasteiger charge is -2.22. The van der Waals surface area contributed by atoms with Gasteiger partial charge in [-0.3, -0.25) is 23.8 Å². The third-order valence-corrected chi connectivity index (χ3v) is 4.05. The molecule has 0 aromatic rings. The van der Waals surface area contributed by atoms with Crippen molar-refractivity contribution in [1.82, 2.24) is 4.90 Å². The molecule has 21 heavy (non-hydrogen) atoms. The van der Waals surface area contributed by atoms with Gasteiger partial charge in [0.05, 0.1) is 0 Å². The third-order valence-electron chi connectivity index (χ3n) is 2.89. The minimum Gasteiger partial charge on any atom is -0.300 e. The lowest BCUT2D eigenvalue weighted by atomic mass is 9.89. The Balaban J connectivity index is 2.81. The summed E-state index contributed by atoms with van der Waals surface area (Å²) in [6.45, 7) is 4.94. The van der Waals surface area contributed by atoms with Gasteiger partial charge in [-0.25, -0.2) is 0 Å². The maximum Gasteiger partial charge on any atom is 0.269 e. The number of imide groups is 1. The maximum atomic E-state index is 11.9. The quantitative estimate of drug-likeness (QED) is 0.566. The molecule has 0 spiro atoms. The van der Waals surface area contributed by atoms with E-state index in [1.165, 1.54) is 0 Å². The second-order valence-electron chi connectivity index (χ2n) is 6.24. The summed E-state index contributed by atoms with van der Waals surface area (Å²) in [5.41, 5.74) is -0.318. The fourth-order valence-electron chi connectivity index (χ4n) is 2.00. The predicted molar refractivity (Wildman–Crippen MR) is 74.9 cm³/mol. The summed E-state index contributed by atoms with van der Waals surface area (Å²) in [6.07, 6.45) is 1.73. The van der Waals surface area contributed by atoms with Crippen molar-refractivity contribution in [3.63, 3.8) is 0 Å². The van der Waals surface area contributed by atoms with Crippen molar-refractivity contribution in [2.45, 2.75) is 38.9 Å². The number of carbonyl (C=O) groups excluding carboxylic acids is 3. The lowest BCUT2D eigenvalue weighted by molar-refractivity contribution is -0.137. The smallest absolute Gasteiger partial charge is 0.269 e. The summed E-state index contributed by atoms with van der Waals surface area (Å²) in [7, 11) is -4.54. The second kappa shape index (κ2) is 6.07. The van der Waals surface area contributed by atoms with E-state index < -0.39 is 40.1 Å². The van der Waals surface area contributed by atoms with E-state index in [1.54, 1.807) is 0 Å². The molecule has 1 aliphatic heterocycles. The van der Waals surface area contributed by atoms with E-state index in [2.05, 4.69) is 0 Å². The Hall–Kier alpha value is -1.54. The van der Waals surface area contributed by atoms with E-state index in [0.29, 0.717) is 4.90 Å². The van der Waals surface area contributed by atoms with Crippen LogP contribution in [0.5, 0.6) is 0 Å². The highest BCUT2D eigenvalue weighted by Gasteiger charge is 2.34. The van der Waals surface area contributed by atoms with Crippen LogP contribution in [0.15, 0.2) is 12.2 Å². The van der Waals surface area contributed by atoms with Crippen molar-refractivity contribution >= 4 is 27.7 Å². The lowest BCUT2D eigenvalue weighted by Crippen LogP contribution is -2.41. The van der Waals surface area contributed by atoms with Gasteiger partial charge < -0.3 is 0 Å². The van der Waals surface area contributed by atoms with Crippen LogP contribution in [-0.2, 0) is 24.5 Å². The Bertz CT molecular complexity index is 566. The zero-order valence-electron chi connectivity index (χ0n) is 12.2. The summed E-state index contributed by atoms with van der Waals surface area (Å²) >= 11 is 0. The Morgan fingerprint density at radius 1 is 1.24 bits per heavy atom. The zero-order chi connectivity index (χ0) is 16.4. The molecule has 7 nitrogen and oxygen atoms in total. The van der Waals surface area contributed by atoms with Crippen molar-refractivity contribution in [2.24, 2.45) is 5.41 Å². The SMILES string of the molecule is CC(C)(C)CC(=O)CC(CN1C(=O)C=CC1=O)S(=O)(=O)O. The molecule has 1 heterocycles. The van der Waals surface area contributed by atoms with Crippen molar-refractivity contribution < 1.29 is 27.4 Å². The summed E-state index contributed by atoms with van der Waals surface area (Å²) in [6, 6.07) is 0. The topological polar surface area (TPSA) is 109 Å². The van der Waals surface area contributed by atoms with Gasteiger partial charge in [-0.15, -0.1) is 0 Å². The van der Waals surface area contributed by atoms with Crippen LogP contribution in [0.1, 0.15) is 33.6 Å². The molecule has 0 bridgehead atoms. The van der Waals surface area contributed by atoms with Gasteiger partial charge in [-0.2, -0.15) is 8.42 Å². The van der Waals surface area contributed by atoms with E-state index in [0.717, 1.165) is 12.2 Å². The molecule has 118 valence electrons. The molecular weight excluding hydrogens is 298 g/mol. The molecule has 0 saturated carbocycles. The normalized spacial score (nSPS) is 17.4. The fourth-order valence-corrected chi connectivity index (χ4v) is 2.73. The summed E-state index contributed by atoms with van der Waals surface area (Å²) in [4.78, 5) is 35.4. The number of carbonyl (C=O) groups is 3. The van der Waals surface area contributed by atoms with Crippen molar-refractivity contribution in [1.29, 1.82) is 0 Å². The maximum absolute atomic E-state index is 11.9. The van der Waals surface area contributed by atoms with E-state index in [-0.39, 0.29) is 17.6 Å². The fraction of sp³-hybridized carbons (Fsp3) is 0.615. The largest absolute Gasteiger partial charge is 0.300 e. The standard InChI is InChI=1S/C13H19NO6S/c1-13(2,3)7-9(15)6-10(21(18,19)20)8-14-11(16)4-5-12(14)17/h4-5,10H,6-8H2,1-3H3,(H,18,19,20). The highest BCUT2D eigenvalue weighted by Crippen LogP contribution is 2.21. The first-order valence-corrected chi connectivity index (χ1v) is 7.92. The monoisotopic (exact) mass is 317 g/mol. The number of hydrogen-bond donors (Lipinski definition) is 1. The molecule has 0 fully saturated rings. The average Bonchev–Trinajstić information content (AvgIpc) is 2.55. The van der Waals surface area contributed by atoms with Crippen LogP contribution >= 0.6 is 0 Å². The molecule has 8 heteroatoms. The van der Waals surface area contributed by atoms with Gasteiger partial charge in [-0.05, 0) is 5.41 Å². The summed E-state index contributed by atoms with van der Waals surface area (Å²) < 4.78 is 31.9. The van der Waals surface area contributed by atoms with Crippen molar-refractivity contribution in [3.8, 4) is 0 Å². The minimum atomic E-state index is -4.54. The molecule has 1 N–H and O–H groups in total. The number of nitrogens with zero attached hydrogens (tertiary/aromatic N) is 1. The molecule has 0 radical (unpaired) electrons. The van der Waals surface area contributed by atoms with Crippen LogP contribution in [-0.4, -0.2) is 47.3 Å². The van der Waals surface area contributed by atoms with Crippen LogP contribution in [0.25, 0.3) is 0 Å². The summed E-state index contributed by atoms with van der Waals surface area (Å²) in [5.74, 6) is -1.66. The highest BCUT2D eigenvalue weighted by atomic mass is 32.2. The first-order chi connectivity index (χ1) is 9.40. The second-order valence-corrected chi connectivity index (χ2v) is 7.93. The molecule has 1 atom stereocenters. The van der Waals surface area contributed by atoms with E-state index in [9.17, 15) is 27.4 Å². The van der Waals surface area contributed by atoms with E-state index in [4.69, 9.17) is 0 Å². The van der Waals surface area contributed by atoms with E-state index >= 15 is 0 Å². The number of Topliss-reactive ketones (excluding diaryl/α,β-unsaturated/α-hetero) is 1. The van der Waals surface area contributed by atoms with Gasteiger partial charge in [-0.1, -0.05) is 20.8 Å². The van der Waals surface area contributed by atoms with Gasteiger partial charge in [0.25, 0.3) is 21.9 Å². The van der Waals surface area contributed by atoms with Gasteiger partial charge in [0.2, 0.25) is 0 Å². The third kappa shape index (κ3) is 5.39. The molecule has 1 rings (SSSR count). The number of hydrogen-bond acceptors (Lipinski definition) is 5. The van der Waals surface area contributed by atoms with Crippen molar-refractivity contribution in [2.75, 3.05) is 6.54 Å². The number of amides is 2. The highest BCUT2D eigenvalue weighted by molar-refractivity contribution is 7.86. The predicted octanol–water partition coefficient (Wildman–Crippen LogP) is 0.563. The van der Waals surface area contributed by atoms with Crippen LogP contribution in [0.2, 0.25) is 0 Å². The molecule has 0 aromatic carbocycles. The Morgan fingerprint density at radius 3 is 2.10 bits per heavy atom. The summed E-state index contributed by atoms with van der Waals surface area (Å²) in [5, 5.41) is -1.50. The average molecular weight is 317 g/mol. The van der Waals surface area contributed by atoms with Gasteiger partial charge in [0.15, 0.2) is 0 Å². The van der Waals surface area contributed by atoms with Crippen LogP contribution in [0, 0.1) is 5.41 Å². The van der Waals surface area contributed by atoms with Crippen LogP contribution < -0.4 is 0 Å². The molecule has 0 saturated heterocycles. The van der Waals surface area contributed by atoms with Gasteiger partial charge >= 0.3 is 0 Å². The van der Waals surface area contributed by atoms with Crippen LogP contribution in [0.3, 0.4) is 0 Å². The number of rotatable bonds is 6. The molecule has 0 aromatic heterocycles. The molecule has 0 aliphatic carbocycles. The van der Waals surface area contributed by atoms with Crippen LogP contribution in [0.4, 0.5) is 0 Å². The first-order valence-electron chi connectivity index (χ1n) is 6.42.